The number of carbonyl (C=O) groups is 1. The molecule has 1 heterocycles. The summed E-state index contributed by atoms with van der Waals surface area (Å²) in [6.45, 7) is 1.73. The van der Waals surface area contributed by atoms with Crippen LogP contribution in [0.3, 0.4) is 0 Å². The number of aromatic nitrogens is 1. The van der Waals surface area contributed by atoms with Crippen LogP contribution in [-0.4, -0.2) is 38.3 Å². The molecule has 0 spiro atoms. The average Bonchev–Trinajstić information content (AvgIpc) is 2.62. The first-order valence-corrected chi connectivity index (χ1v) is 7.85. The maximum Gasteiger partial charge on any atom is 0.247 e. The lowest BCUT2D eigenvalue weighted by molar-refractivity contribution is -0.116. The minimum absolute atomic E-state index is 0.247. The molecule has 2 aromatic rings. The normalized spacial score (nSPS) is 11.4. The second-order valence-electron chi connectivity index (χ2n) is 5.13. The highest BCUT2D eigenvalue weighted by Gasteiger charge is 2.17. The maximum atomic E-state index is 12.3. The first-order chi connectivity index (χ1) is 12.0. The van der Waals surface area contributed by atoms with E-state index in [4.69, 9.17) is 25.8 Å². The molecule has 2 rings (SSSR count). The fourth-order valence-electron chi connectivity index (χ4n) is 2.16. The molecule has 0 saturated heterocycles. The Morgan fingerprint density at radius 2 is 1.76 bits per heavy atom. The Kier molecular flexibility index (Phi) is 6.30. The van der Waals surface area contributed by atoms with E-state index in [1.807, 2.05) is 0 Å². The molecule has 1 atom stereocenters. The number of amides is 1. The largest absolute Gasteiger partial charge is 0.493 e. The Labute approximate surface area is 151 Å². The van der Waals surface area contributed by atoms with Crippen molar-refractivity contribution in [1.29, 1.82) is 0 Å². The van der Waals surface area contributed by atoms with Crippen LogP contribution in [0.15, 0.2) is 30.5 Å². The molecule has 1 aromatic heterocycles. The molecule has 7 nitrogen and oxygen atoms in total. The van der Waals surface area contributed by atoms with Gasteiger partial charge in [-0.3, -0.25) is 4.79 Å². The summed E-state index contributed by atoms with van der Waals surface area (Å²) < 4.78 is 15.9. The second-order valence-corrected chi connectivity index (χ2v) is 5.57. The second kappa shape index (κ2) is 8.43. The number of benzene rings is 1. The number of anilines is 2. The van der Waals surface area contributed by atoms with Crippen molar-refractivity contribution in [3.63, 3.8) is 0 Å². The van der Waals surface area contributed by atoms with Gasteiger partial charge in [-0.2, -0.15) is 0 Å². The Hall–Kier alpha value is -2.67. The van der Waals surface area contributed by atoms with Crippen LogP contribution < -0.4 is 24.8 Å². The third-order valence-corrected chi connectivity index (χ3v) is 3.64. The highest BCUT2D eigenvalue weighted by molar-refractivity contribution is 6.30. The number of nitrogens with one attached hydrogen (secondary N) is 2. The van der Waals surface area contributed by atoms with Crippen molar-refractivity contribution in [1.82, 2.24) is 4.98 Å². The number of hydrogen-bond donors (Lipinski definition) is 2. The topological polar surface area (TPSA) is 81.7 Å². The minimum atomic E-state index is -0.528. The number of methoxy groups -OCH3 is 3. The third kappa shape index (κ3) is 4.67. The molecule has 0 aliphatic rings. The van der Waals surface area contributed by atoms with Gasteiger partial charge in [-0.05, 0) is 19.1 Å². The average molecular weight is 366 g/mol. The maximum absolute atomic E-state index is 12.3. The smallest absolute Gasteiger partial charge is 0.247 e. The van der Waals surface area contributed by atoms with Crippen molar-refractivity contribution in [3.8, 4) is 17.2 Å². The van der Waals surface area contributed by atoms with Gasteiger partial charge in [0.05, 0.1) is 26.4 Å². The Bertz CT molecular complexity index is 712. The molecule has 0 saturated carbocycles. The molecule has 2 N–H and O–H groups in total. The summed E-state index contributed by atoms with van der Waals surface area (Å²) in [5, 5.41) is 6.30. The van der Waals surface area contributed by atoms with Gasteiger partial charge in [0.2, 0.25) is 11.7 Å². The van der Waals surface area contributed by atoms with Crippen molar-refractivity contribution in [3.05, 3.63) is 35.5 Å². The molecule has 0 fully saturated rings. The van der Waals surface area contributed by atoms with Gasteiger partial charge < -0.3 is 24.8 Å². The number of nitrogens with zero attached hydrogens (tertiary/aromatic N) is 1. The lowest BCUT2D eigenvalue weighted by atomic mass is 10.2. The van der Waals surface area contributed by atoms with Gasteiger partial charge in [-0.15, -0.1) is 0 Å². The molecule has 1 amide bonds. The van der Waals surface area contributed by atoms with Crippen molar-refractivity contribution >= 4 is 29.0 Å². The summed E-state index contributed by atoms with van der Waals surface area (Å²) in [6, 6.07) is 6.21. The van der Waals surface area contributed by atoms with E-state index in [1.54, 1.807) is 31.2 Å². The van der Waals surface area contributed by atoms with E-state index < -0.39 is 6.04 Å². The van der Waals surface area contributed by atoms with Crippen LogP contribution in [0.1, 0.15) is 6.92 Å². The van der Waals surface area contributed by atoms with E-state index >= 15 is 0 Å². The third-order valence-electron chi connectivity index (χ3n) is 3.42. The Morgan fingerprint density at radius 3 is 2.24 bits per heavy atom. The molecule has 0 unspecified atom stereocenters. The first kappa shape index (κ1) is 18.7. The van der Waals surface area contributed by atoms with Crippen molar-refractivity contribution in [2.24, 2.45) is 0 Å². The van der Waals surface area contributed by atoms with Crippen LogP contribution in [0.4, 0.5) is 11.5 Å². The number of halogens is 1. The van der Waals surface area contributed by atoms with E-state index in [2.05, 4.69) is 15.6 Å². The monoisotopic (exact) mass is 365 g/mol. The van der Waals surface area contributed by atoms with Crippen molar-refractivity contribution < 1.29 is 19.0 Å². The standard InChI is InChI=1S/C17H20ClN3O4/c1-10(17(22)21-15-6-5-11(18)9-19-15)20-12-7-13(23-2)16(25-4)14(8-12)24-3/h5-10,20H,1-4H3,(H,19,21,22)/t10-/m1/s1. The molecular weight excluding hydrogens is 346 g/mol. The highest BCUT2D eigenvalue weighted by Crippen LogP contribution is 2.40. The minimum Gasteiger partial charge on any atom is -0.493 e. The molecule has 0 aliphatic carbocycles. The first-order valence-electron chi connectivity index (χ1n) is 7.47. The zero-order valence-corrected chi connectivity index (χ0v) is 15.2. The zero-order valence-electron chi connectivity index (χ0n) is 14.4. The van der Waals surface area contributed by atoms with Crippen molar-refractivity contribution in [2.75, 3.05) is 32.0 Å². The molecule has 8 heteroatoms. The van der Waals surface area contributed by atoms with Gasteiger partial charge in [0.1, 0.15) is 11.9 Å². The van der Waals surface area contributed by atoms with Gasteiger partial charge in [0, 0.05) is 24.0 Å². The van der Waals surface area contributed by atoms with Gasteiger partial charge >= 0.3 is 0 Å². The molecule has 25 heavy (non-hydrogen) atoms. The molecule has 0 bridgehead atoms. The quantitative estimate of drug-likeness (QED) is 0.784. The lowest BCUT2D eigenvalue weighted by Crippen LogP contribution is -2.32. The van der Waals surface area contributed by atoms with Crippen LogP contribution in [0.5, 0.6) is 17.2 Å². The van der Waals surface area contributed by atoms with E-state index in [0.29, 0.717) is 33.8 Å². The van der Waals surface area contributed by atoms with Gasteiger partial charge in [-0.25, -0.2) is 4.98 Å². The van der Waals surface area contributed by atoms with Gasteiger partial charge in [0.25, 0.3) is 0 Å². The Balaban J connectivity index is 2.12. The van der Waals surface area contributed by atoms with E-state index in [9.17, 15) is 4.79 Å². The Morgan fingerprint density at radius 1 is 1.12 bits per heavy atom. The van der Waals surface area contributed by atoms with Crippen LogP contribution in [0.25, 0.3) is 0 Å². The molecule has 1 aromatic carbocycles. The fourth-order valence-corrected chi connectivity index (χ4v) is 2.28. The van der Waals surface area contributed by atoms with Crippen LogP contribution in [0.2, 0.25) is 5.02 Å². The summed E-state index contributed by atoms with van der Waals surface area (Å²) in [5.41, 5.74) is 0.654. The van der Waals surface area contributed by atoms with E-state index in [1.165, 1.54) is 27.5 Å². The van der Waals surface area contributed by atoms with E-state index in [0.717, 1.165) is 0 Å². The van der Waals surface area contributed by atoms with E-state index in [-0.39, 0.29) is 5.91 Å². The molecule has 134 valence electrons. The number of hydrogen-bond acceptors (Lipinski definition) is 6. The predicted molar refractivity (Wildman–Crippen MR) is 97.1 cm³/mol. The highest BCUT2D eigenvalue weighted by atomic mass is 35.5. The van der Waals surface area contributed by atoms with Crippen LogP contribution in [-0.2, 0) is 4.79 Å². The summed E-state index contributed by atoms with van der Waals surface area (Å²) in [5.74, 6) is 1.65. The number of carbonyl (C=O) groups excluding carboxylic acids is 1. The predicted octanol–water partition coefficient (Wildman–Crippen LogP) is 3.20. The summed E-state index contributed by atoms with van der Waals surface area (Å²) in [7, 11) is 4.59. The number of pyridine rings is 1. The summed E-state index contributed by atoms with van der Waals surface area (Å²) in [4.78, 5) is 16.3. The molecule has 0 aliphatic heterocycles. The molecule has 0 radical (unpaired) electrons. The van der Waals surface area contributed by atoms with Crippen LogP contribution in [0, 0.1) is 0 Å². The number of rotatable bonds is 7. The fraction of sp³-hybridized carbons (Fsp3) is 0.294. The lowest BCUT2D eigenvalue weighted by Gasteiger charge is -2.18. The van der Waals surface area contributed by atoms with Crippen molar-refractivity contribution in [2.45, 2.75) is 13.0 Å². The van der Waals surface area contributed by atoms with Crippen LogP contribution >= 0.6 is 11.6 Å². The van der Waals surface area contributed by atoms with Gasteiger partial charge in [0.15, 0.2) is 11.5 Å². The summed E-state index contributed by atoms with van der Waals surface area (Å²) >= 11 is 5.78. The summed E-state index contributed by atoms with van der Waals surface area (Å²) in [6.07, 6.45) is 1.47. The zero-order chi connectivity index (χ0) is 18.4. The number of ether oxygens (including phenoxy) is 3. The van der Waals surface area contributed by atoms with Gasteiger partial charge in [-0.1, -0.05) is 11.6 Å². The molecular formula is C17H20ClN3O4. The SMILES string of the molecule is COc1cc(N[C@H](C)C(=O)Nc2ccc(Cl)cn2)cc(OC)c1OC.